The first-order chi connectivity index (χ1) is 15.0. The van der Waals surface area contributed by atoms with E-state index in [1.807, 2.05) is 26.0 Å². The molecule has 0 radical (unpaired) electrons. The minimum atomic E-state index is -1.24. The van der Waals surface area contributed by atoms with Crippen LogP contribution in [0.2, 0.25) is 0 Å². The second-order valence-electron chi connectivity index (χ2n) is 7.39. The summed E-state index contributed by atoms with van der Waals surface area (Å²) in [4.78, 5) is 18.6. The second-order valence-corrected chi connectivity index (χ2v) is 7.39. The smallest absolute Gasteiger partial charge is 0.340 e. The van der Waals surface area contributed by atoms with E-state index in [0.717, 1.165) is 11.1 Å². The summed E-state index contributed by atoms with van der Waals surface area (Å²) in [5.74, 6) is 0.332. The average Bonchev–Trinajstić information content (AvgIpc) is 3.01. The zero-order chi connectivity index (χ0) is 21.8. The zero-order valence-corrected chi connectivity index (χ0v) is 16.5. The molecule has 1 spiro atoms. The number of carbonyl (C=O) groups excluding carboxylic acids is 1. The van der Waals surface area contributed by atoms with Gasteiger partial charge >= 0.3 is 5.97 Å². The maximum absolute atomic E-state index is 13.0. The molecule has 0 aliphatic carbocycles. The molecule has 3 aromatic rings. The molecule has 31 heavy (non-hydrogen) atoms. The molecule has 0 unspecified atom stereocenters. The van der Waals surface area contributed by atoms with E-state index in [0.29, 0.717) is 45.1 Å². The van der Waals surface area contributed by atoms with E-state index in [1.54, 1.807) is 36.4 Å². The van der Waals surface area contributed by atoms with E-state index in [2.05, 4.69) is 20.1 Å². The van der Waals surface area contributed by atoms with E-state index in [1.165, 1.54) is 0 Å². The Hall–Kier alpha value is -4.45. The minimum absolute atomic E-state index is 0.357. The van der Waals surface area contributed by atoms with Crippen LogP contribution in [0.4, 0.5) is 11.4 Å². The molecule has 9 nitrogen and oxygen atoms in total. The van der Waals surface area contributed by atoms with Crippen LogP contribution in [0.25, 0.3) is 20.9 Å². The molecule has 0 atom stereocenters. The van der Waals surface area contributed by atoms with E-state index < -0.39 is 11.6 Å². The van der Waals surface area contributed by atoms with Crippen molar-refractivity contribution in [2.45, 2.75) is 19.4 Å². The second kappa shape index (κ2) is 6.53. The molecule has 0 saturated carbocycles. The maximum Gasteiger partial charge on any atom is 0.340 e. The number of fused-ring (bicyclic) bond motifs is 6. The number of hydrogen-bond donors (Lipinski definition) is 0. The van der Waals surface area contributed by atoms with Crippen molar-refractivity contribution >= 4 is 17.3 Å². The fourth-order valence-corrected chi connectivity index (χ4v) is 4.19. The summed E-state index contributed by atoms with van der Waals surface area (Å²) >= 11 is 0. The molecule has 0 bridgehead atoms. The number of nitrogens with zero attached hydrogens (tertiary/aromatic N) is 6. The van der Waals surface area contributed by atoms with Gasteiger partial charge in [0.05, 0.1) is 5.56 Å². The van der Waals surface area contributed by atoms with Crippen molar-refractivity contribution in [2.75, 3.05) is 0 Å². The lowest BCUT2D eigenvalue weighted by molar-refractivity contribution is 0.0224. The quantitative estimate of drug-likeness (QED) is 0.200. The van der Waals surface area contributed by atoms with Crippen molar-refractivity contribution in [3.05, 3.63) is 103 Å². The van der Waals surface area contributed by atoms with Crippen molar-refractivity contribution in [3.8, 4) is 11.5 Å². The van der Waals surface area contributed by atoms with E-state index in [4.69, 9.17) is 20.5 Å². The highest BCUT2D eigenvalue weighted by atomic mass is 16.6. The standard InChI is InChI=1S/C22H14N6O3/c1-11-7-15-18(8-12(11)2)22(31-21(15)29)16-5-3-13(25-27-23)9-19(16)30-20-10-14(26-28-24)4-6-17(20)22/h3-10H,1-2H3. The first-order valence-electron chi connectivity index (χ1n) is 9.40. The lowest BCUT2D eigenvalue weighted by atomic mass is 9.77. The molecule has 5 rings (SSSR count). The number of benzene rings is 3. The Morgan fingerprint density at radius 3 is 1.90 bits per heavy atom. The number of rotatable bonds is 2. The Morgan fingerprint density at radius 1 is 0.806 bits per heavy atom. The van der Waals surface area contributed by atoms with Crippen LogP contribution in [0.1, 0.15) is 38.2 Å². The van der Waals surface area contributed by atoms with Gasteiger partial charge in [-0.3, -0.25) is 0 Å². The zero-order valence-electron chi connectivity index (χ0n) is 16.5. The molecular weight excluding hydrogens is 396 g/mol. The molecule has 2 heterocycles. The number of ether oxygens (including phenoxy) is 2. The lowest BCUT2D eigenvalue weighted by Crippen LogP contribution is -2.33. The monoisotopic (exact) mass is 410 g/mol. The SMILES string of the molecule is Cc1cc2c(cc1C)C1(OC2=O)c2ccc(N=[N+]=[N-])cc2Oc2cc(N=[N+]=[N-])ccc21. The van der Waals surface area contributed by atoms with Crippen LogP contribution in [0, 0.1) is 13.8 Å². The van der Waals surface area contributed by atoms with Crippen LogP contribution < -0.4 is 4.74 Å². The first-order valence-corrected chi connectivity index (χ1v) is 9.40. The van der Waals surface area contributed by atoms with Gasteiger partial charge < -0.3 is 9.47 Å². The summed E-state index contributed by atoms with van der Waals surface area (Å²) < 4.78 is 12.2. The summed E-state index contributed by atoms with van der Waals surface area (Å²) in [5, 5.41) is 7.29. The molecule has 2 aliphatic rings. The van der Waals surface area contributed by atoms with Crippen LogP contribution in [0.3, 0.4) is 0 Å². The van der Waals surface area contributed by atoms with Gasteiger partial charge in [-0.15, -0.1) is 0 Å². The van der Waals surface area contributed by atoms with Crippen molar-refractivity contribution < 1.29 is 14.3 Å². The molecule has 2 aliphatic heterocycles. The molecule has 0 amide bonds. The highest BCUT2D eigenvalue weighted by Crippen LogP contribution is 2.57. The molecule has 0 fully saturated rings. The molecule has 0 N–H and O–H groups in total. The third-order valence-corrected chi connectivity index (χ3v) is 5.71. The topological polar surface area (TPSA) is 133 Å². The van der Waals surface area contributed by atoms with Gasteiger partial charge in [-0.2, -0.15) is 0 Å². The molecule has 9 heteroatoms. The number of hydrogen-bond acceptors (Lipinski definition) is 5. The van der Waals surface area contributed by atoms with E-state index in [9.17, 15) is 4.79 Å². The van der Waals surface area contributed by atoms with Crippen LogP contribution in [-0.2, 0) is 10.3 Å². The number of esters is 1. The molecule has 0 saturated heterocycles. The maximum atomic E-state index is 13.0. The Balaban J connectivity index is 1.87. The summed E-state index contributed by atoms with van der Waals surface area (Å²) in [6.07, 6.45) is 0. The fraction of sp³-hybridized carbons (Fsp3) is 0.136. The lowest BCUT2D eigenvalue weighted by Gasteiger charge is -2.36. The molecular formula is C22H14N6O3. The van der Waals surface area contributed by atoms with Gasteiger partial charge in [0, 0.05) is 37.9 Å². The van der Waals surface area contributed by atoms with Gasteiger partial charge in [-0.05, 0) is 54.2 Å². The number of aryl methyl sites for hydroxylation is 2. The predicted octanol–water partition coefficient (Wildman–Crippen LogP) is 6.76. The van der Waals surface area contributed by atoms with Crippen LogP contribution in [-0.4, -0.2) is 5.97 Å². The van der Waals surface area contributed by atoms with Crippen molar-refractivity contribution in [1.82, 2.24) is 0 Å². The van der Waals surface area contributed by atoms with Gasteiger partial charge in [0.1, 0.15) is 11.5 Å². The highest BCUT2D eigenvalue weighted by Gasteiger charge is 2.53. The molecule has 3 aromatic carbocycles. The van der Waals surface area contributed by atoms with Crippen molar-refractivity contribution in [3.63, 3.8) is 0 Å². The Bertz CT molecular complexity index is 1330. The fourth-order valence-electron chi connectivity index (χ4n) is 4.19. The Kier molecular flexibility index (Phi) is 3.91. The van der Waals surface area contributed by atoms with Crippen LogP contribution in [0.5, 0.6) is 11.5 Å². The largest absolute Gasteiger partial charge is 0.456 e. The first kappa shape index (κ1) is 18.6. The summed E-state index contributed by atoms with van der Waals surface area (Å²) in [6.45, 7) is 3.92. The van der Waals surface area contributed by atoms with E-state index >= 15 is 0 Å². The summed E-state index contributed by atoms with van der Waals surface area (Å²) in [6, 6.07) is 13.7. The minimum Gasteiger partial charge on any atom is -0.456 e. The van der Waals surface area contributed by atoms with Gasteiger partial charge in [0.25, 0.3) is 0 Å². The van der Waals surface area contributed by atoms with Gasteiger partial charge in [0.15, 0.2) is 5.60 Å². The third kappa shape index (κ3) is 2.55. The molecule has 150 valence electrons. The van der Waals surface area contributed by atoms with E-state index in [-0.39, 0.29) is 0 Å². The van der Waals surface area contributed by atoms with Crippen LogP contribution >= 0.6 is 0 Å². The highest BCUT2D eigenvalue weighted by molar-refractivity contribution is 5.97. The summed E-state index contributed by atoms with van der Waals surface area (Å²) in [7, 11) is 0. The van der Waals surface area contributed by atoms with Crippen molar-refractivity contribution in [1.29, 1.82) is 0 Å². The Morgan fingerprint density at radius 2 is 1.35 bits per heavy atom. The summed E-state index contributed by atoms with van der Waals surface area (Å²) in [5.41, 5.74) is 21.5. The average molecular weight is 410 g/mol. The predicted molar refractivity (Wildman–Crippen MR) is 112 cm³/mol. The molecule has 0 aromatic heterocycles. The van der Waals surface area contributed by atoms with Crippen molar-refractivity contribution in [2.24, 2.45) is 10.2 Å². The number of azide groups is 2. The third-order valence-electron chi connectivity index (χ3n) is 5.71. The van der Waals surface area contributed by atoms with Gasteiger partial charge in [0.2, 0.25) is 0 Å². The van der Waals surface area contributed by atoms with Crippen LogP contribution in [0.15, 0.2) is 58.8 Å². The number of carbonyl (C=O) groups is 1. The normalized spacial score (nSPS) is 17.4. The Labute approximate surface area is 176 Å². The van der Waals surface area contributed by atoms with Gasteiger partial charge in [-0.25, -0.2) is 4.79 Å². The van der Waals surface area contributed by atoms with Gasteiger partial charge in [-0.1, -0.05) is 40.6 Å².